The molecule has 1 aromatic rings. The molecule has 6 nitrogen and oxygen atoms in total. The van der Waals surface area contributed by atoms with Gasteiger partial charge in [-0.2, -0.15) is 0 Å². The van der Waals surface area contributed by atoms with Gasteiger partial charge in [-0.3, -0.25) is 4.79 Å². The molecule has 0 radical (unpaired) electrons. The minimum absolute atomic E-state index is 0.102. The first-order valence-corrected chi connectivity index (χ1v) is 6.74. The number of para-hydroxylation sites is 1. The quantitative estimate of drug-likeness (QED) is 0.718. The van der Waals surface area contributed by atoms with E-state index in [4.69, 9.17) is 14.6 Å². The molecule has 116 valence electrons. The fourth-order valence-electron chi connectivity index (χ4n) is 1.73. The Morgan fingerprint density at radius 3 is 2.62 bits per heavy atom. The van der Waals surface area contributed by atoms with Crippen molar-refractivity contribution in [1.82, 2.24) is 5.32 Å². The number of carboxylic acids is 1. The van der Waals surface area contributed by atoms with Crippen LogP contribution in [-0.2, 0) is 14.3 Å². The standard InChI is InChI=1S/C15H21NO5/c1-11-5-3-4-6-13(11)21-10-8-14(17)16-12(15(18)19)7-9-20-2/h3-6,12H,7-10H2,1-2H3,(H,16,17)(H,18,19). The van der Waals surface area contributed by atoms with E-state index in [2.05, 4.69) is 5.32 Å². The van der Waals surface area contributed by atoms with Crippen molar-refractivity contribution in [2.75, 3.05) is 20.3 Å². The normalized spacial score (nSPS) is 11.7. The highest BCUT2D eigenvalue weighted by atomic mass is 16.5. The first-order valence-electron chi connectivity index (χ1n) is 6.74. The number of carboxylic acid groups (broad SMARTS) is 1. The molecule has 1 atom stereocenters. The van der Waals surface area contributed by atoms with Crippen molar-refractivity contribution >= 4 is 11.9 Å². The van der Waals surface area contributed by atoms with Gasteiger partial charge in [0.25, 0.3) is 0 Å². The van der Waals surface area contributed by atoms with Gasteiger partial charge in [-0.25, -0.2) is 4.79 Å². The lowest BCUT2D eigenvalue weighted by atomic mass is 10.2. The van der Waals surface area contributed by atoms with Gasteiger partial charge in [-0.15, -0.1) is 0 Å². The van der Waals surface area contributed by atoms with E-state index in [0.717, 1.165) is 11.3 Å². The number of carbonyl (C=O) groups is 2. The van der Waals surface area contributed by atoms with Gasteiger partial charge in [0, 0.05) is 20.1 Å². The number of nitrogens with one attached hydrogen (secondary N) is 1. The van der Waals surface area contributed by atoms with Crippen LogP contribution in [0.15, 0.2) is 24.3 Å². The van der Waals surface area contributed by atoms with E-state index in [1.165, 1.54) is 7.11 Å². The van der Waals surface area contributed by atoms with E-state index in [-0.39, 0.29) is 32.0 Å². The van der Waals surface area contributed by atoms with Crippen molar-refractivity contribution in [2.45, 2.75) is 25.8 Å². The van der Waals surface area contributed by atoms with Gasteiger partial charge >= 0.3 is 5.97 Å². The summed E-state index contributed by atoms with van der Waals surface area (Å²) in [5.74, 6) is -0.702. The highest BCUT2D eigenvalue weighted by molar-refractivity contribution is 5.83. The zero-order valence-corrected chi connectivity index (χ0v) is 12.3. The van der Waals surface area contributed by atoms with Crippen LogP contribution in [0, 0.1) is 6.92 Å². The average molecular weight is 295 g/mol. The topological polar surface area (TPSA) is 84.9 Å². The molecule has 0 saturated heterocycles. The van der Waals surface area contributed by atoms with E-state index in [1.54, 1.807) is 0 Å². The highest BCUT2D eigenvalue weighted by Gasteiger charge is 2.19. The fourth-order valence-corrected chi connectivity index (χ4v) is 1.73. The van der Waals surface area contributed by atoms with E-state index in [0.29, 0.717) is 0 Å². The summed E-state index contributed by atoms with van der Waals surface area (Å²) >= 11 is 0. The summed E-state index contributed by atoms with van der Waals surface area (Å²) in [6.45, 7) is 2.39. The van der Waals surface area contributed by atoms with Crippen molar-refractivity contribution in [3.8, 4) is 5.75 Å². The van der Waals surface area contributed by atoms with Gasteiger partial charge < -0.3 is 19.9 Å². The van der Waals surface area contributed by atoms with E-state index >= 15 is 0 Å². The predicted molar refractivity (Wildman–Crippen MR) is 77.4 cm³/mol. The van der Waals surface area contributed by atoms with Crippen LogP contribution in [0.5, 0.6) is 5.75 Å². The zero-order chi connectivity index (χ0) is 15.7. The molecule has 0 fully saturated rings. The highest BCUT2D eigenvalue weighted by Crippen LogP contribution is 2.16. The molecule has 0 saturated carbocycles. The van der Waals surface area contributed by atoms with Crippen LogP contribution < -0.4 is 10.1 Å². The third kappa shape index (κ3) is 6.27. The largest absolute Gasteiger partial charge is 0.493 e. The molecule has 1 unspecified atom stereocenters. The molecule has 0 aromatic heterocycles. The molecule has 1 rings (SSSR count). The summed E-state index contributed by atoms with van der Waals surface area (Å²) < 4.78 is 10.3. The van der Waals surface area contributed by atoms with Crippen LogP contribution in [0.1, 0.15) is 18.4 Å². The SMILES string of the molecule is COCCC(NC(=O)CCOc1ccccc1C)C(=O)O. The molecular weight excluding hydrogens is 274 g/mol. The van der Waals surface area contributed by atoms with Crippen molar-refractivity contribution in [3.05, 3.63) is 29.8 Å². The van der Waals surface area contributed by atoms with E-state index in [9.17, 15) is 9.59 Å². The number of methoxy groups -OCH3 is 1. The number of hydrogen-bond donors (Lipinski definition) is 2. The number of benzene rings is 1. The first kappa shape index (κ1) is 17.0. The Hall–Kier alpha value is -2.08. The Morgan fingerprint density at radius 1 is 1.29 bits per heavy atom. The Labute approximate surface area is 124 Å². The molecular formula is C15H21NO5. The second-order valence-electron chi connectivity index (χ2n) is 4.60. The summed E-state index contributed by atoms with van der Waals surface area (Å²) in [7, 11) is 1.48. The molecule has 0 bridgehead atoms. The number of rotatable bonds is 9. The molecule has 0 aliphatic carbocycles. The summed E-state index contributed by atoms with van der Waals surface area (Å²) in [4.78, 5) is 22.7. The lowest BCUT2D eigenvalue weighted by Crippen LogP contribution is -2.41. The van der Waals surface area contributed by atoms with Crippen molar-refractivity contribution < 1.29 is 24.2 Å². The molecule has 1 amide bonds. The number of carbonyl (C=O) groups excluding carboxylic acids is 1. The Morgan fingerprint density at radius 2 is 2.00 bits per heavy atom. The monoisotopic (exact) mass is 295 g/mol. The predicted octanol–water partition coefficient (Wildman–Crippen LogP) is 1.37. The van der Waals surface area contributed by atoms with Crippen LogP contribution in [0.4, 0.5) is 0 Å². The zero-order valence-electron chi connectivity index (χ0n) is 12.3. The van der Waals surface area contributed by atoms with Crippen molar-refractivity contribution in [1.29, 1.82) is 0 Å². The van der Waals surface area contributed by atoms with Crippen LogP contribution in [0.25, 0.3) is 0 Å². The minimum Gasteiger partial charge on any atom is -0.493 e. The molecule has 1 aromatic carbocycles. The maximum Gasteiger partial charge on any atom is 0.326 e. The second-order valence-corrected chi connectivity index (χ2v) is 4.60. The number of aryl methyl sites for hydroxylation is 1. The number of aliphatic carboxylic acids is 1. The van der Waals surface area contributed by atoms with Gasteiger partial charge in [0.15, 0.2) is 0 Å². The third-order valence-electron chi connectivity index (χ3n) is 2.92. The van der Waals surface area contributed by atoms with Gasteiger partial charge in [-0.1, -0.05) is 18.2 Å². The van der Waals surface area contributed by atoms with Crippen molar-refractivity contribution in [3.63, 3.8) is 0 Å². The maximum absolute atomic E-state index is 11.7. The number of amides is 1. The second kappa shape index (κ2) is 8.97. The Bertz CT molecular complexity index is 475. The molecule has 0 spiro atoms. The van der Waals surface area contributed by atoms with Gasteiger partial charge in [-0.05, 0) is 18.6 Å². The summed E-state index contributed by atoms with van der Waals surface area (Å²) in [5, 5.41) is 11.4. The molecule has 0 aliphatic heterocycles. The van der Waals surface area contributed by atoms with Gasteiger partial charge in [0.2, 0.25) is 5.91 Å². The molecule has 0 heterocycles. The number of hydrogen-bond acceptors (Lipinski definition) is 4. The maximum atomic E-state index is 11.7. The van der Waals surface area contributed by atoms with Crippen molar-refractivity contribution in [2.24, 2.45) is 0 Å². The number of ether oxygens (including phenoxy) is 2. The molecule has 6 heteroatoms. The van der Waals surface area contributed by atoms with E-state index in [1.807, 2.05) is 31.2 Å². The Balaban J connectivity index is 2.36. The molecule has 21 heavy (non-hydrogen) atoms. The van der Waals surface area contributed by atoms with Gasteiger partial charge in [0.05, 0.1) is 13.0 Å². The van der Waals surface area contributed by atoms with Gasteiger partial charge in [0.1, 0.15) is 11.8 Å². The summed E-state index contributed by atoms with van der Waals surface area (Å²) in [6, 6.07) is 6.57. The van der Waals surface area contributed by atoms with Crippen LogP contribution >= 0.6 is 0 Å². The smallest absolute Gasteiger partial charge is 0.326 e. The van der Waals surface area contributed by atoms with Crippen LogP contribution in [-0.4, -0.2) is 43.3 Å². The molecule has 0 aliphatic rings. The Kier molecular flexibility index (Phi) is 7.25. The summed E-state index contributed by atoms with van der Waals surface area (Å²) in [5.41, 5.74) is 0.987. The average Bonchev–Trinajstić information content (AvgIpc) is 2.45. The lowest BCUT2D eigenvalue weighted by molar-refractivity contribution is -0.142. The first-order chi connectivity index (χ1) is 10.0. The van der Waals surface area contributed by atoms with Crippen LogP contribution in [0.3, 0.4) is 0 Å². The third-order valence-corrected chi connectivity index (χ3v) is 2.92. The fraction of sp³-hybridized carbons (Fsp3) is 0.467. The lowest BCUT2D eigenvalue weighted by Gasteiger charge is -2.14. The van der Waals surface area contributed by atoms with Crippen LogP contribution in [0.2, 0.25) is 0 Å². The minimum atomic E-state index is -1.07. The van der Waals surface area contributed by atoms with E-state index < -0.39 is 12.0 Å². The molecule has 2 N–H and O–H groups in total. The summed E-state index contributed by atoms with van der Waals surface area (Å²) in [6.07, 6.45) is 0.335.